The molecule has 0 bridgehead atoms. The summed E-state index contributed by atoms with van der Waals surface area (Å²) < 4.78 is 0. The molecule has 3 aliphatic rings. The molecular formula is C13H11NO. The molecule has 0 saturated carbocycles. The van der Waals surface area contributed by atoms with Gasteiger partial charge >= 0.3 is 0 Å². The van der Waals surface area contributed by atoms with Crippen molar-refractivity contribution in [2.24, 2.45) is 0 Å². The molecule has 1 aromatic carbocycles. The summed E-state index contributed by atoms with van der Waals surface area (Å²) in [4.78, 5) is 13.3. The van der Waals surface area contributed by atoms with E-state index in [1.165, 1.54) is 11.1 Å². The van der Waals surface area contributed by atoms with Crippen LogP contribution in [0.25, 0.3) is 6.08 Å². The molecule has 0 amide bonds. The molecule has 1 spiro atoms. The maximum atomic E-state index is 11.0. The number of carbonyl (C=O) groups excluding carboxylic acids is 1. The highest BCUT2D eigenvalue weighted by molar-refractivity contribution is 5.86. The lowest BCUT2D eigenvalue weighted by Gasteiger charge is -2.23. The fraction of sp³-hybridized carbons (Fsp3) is 0.308. The standard InChI is InChI=1S/C13H11NO/c1-12(8-15)13-7-6-9-4-2-3-5-10(9)11(13)14(12)13/h2-8,11H,1H3/t11?,12-,13?,14?/m0/s1. The summed E-state index contributed by atoms with van der Waals surface area (Å²) in [7, 11) is 0. The average Bonchev–Trinajstić information content (AvgIpc) is 3.12. The Bertz CT molecular complexity index is 521. The minimum absolute atomic E-state index is 0.0447. The summed E-state index contributed by atoms with van der Waals surface area (Å²) in [6.45, 7) is 2.02. The van der Waals surface area contributed by atoms with Gasteiger partial charge in [0.2, 0.25) is 0 Å². The summed E-state index contributed by atoms with van der Waals surface area (Å²) >= 11 is 0. The molecule has 0 radical (unpaired) electrons. The van der Waals surface area contributed by atoms with Crippen LogP contribution < -0.4 is 0 Å². The zero-order valence-corrected chi connectivity index (χ0v) is 8.47. The van der Waals surface area contributed by atoms with Gasteiger partial charge in [-0.25, -0.2) is 0 Å². The molecule has 1 aromatic rings. The Labute approximate surface area is 88.2 Å². The fourth-order valence-electron chi connectivity index (χ4n) is 3.34. The van der Waals surface area contributed by atoms with Gasteiger partial charge in [0, 0.05) is 0 Å². The third-order valence-corrected chi connectivity index (χ3v) is 4.30. The zero-order valence-electron chi connectivity index (χ0n) is 8.47. The highest BCUT2D eigenvalue weighted by Crippen LogP contribution is 2.79. The summed E-state index contributed by atoms with van der Waals surface area (Å²) in [5.41, 5.74) is 2.50. The lowest BCUT2D eigenvalue weighted by Crippen LogP contribution is -2.33. The van der Waals surface area contributed by atoms with Crippen molar-refractivity contribution in [3.63, 3.8) is 0 Å². The van der Waals surface area contributed by atoms with Crippen molar-refractivity contribution in [3.8, 4) is 0 Å². The summed E-state index contributed by atoms with van der Waals surface area (Å²) in [6, 6.07) is 8.90. The molecule has 2 saturated heterocycles. The van der Waals surface area contributed by atoms with Gasteiger partial charge in [0.15, 0.2) is 0 Å². The highest BCUT2D eigenvalue weighted by Gasteiger charge is 2.92. The Balaban J connectivity index is 1.86. The number of hydrogen-bond acceptors (Lipinski definition) is 2. The number of nitrogens with zero attached hydrogens (tertiary/aromatic N) is 1. The summed E-state index contributed by atoms with van der Waals surface area (Å²) in [6.07, 6.45) is 5.44. The second kappa shape index (κ2) is 1.93. The Kier molecular flexibility index (Phi) is 1.01. The quantitative estimate of drug-likeness (QED) is 0.505. The maximum absolute atomic E-state index is 11.0. The molecule has 2 heteroatoms. The molecule has 0 N–H and O–H groups in total. The number of benzene rings is 1. The van der Waals surface area contributed by atoms with Gasteiger partial charge < -0.3 is 4.79 Å². The van der Waals surface area contributed by atoms with Gasteiger partial charge in [-0.3, -0.25) is 4.90 Å². The lowest BCUT2D eigenvalue weighted by atomic mass is 9.80. The van der Waals surface area contributed by atoms with Gasteiger partial charge in [-0.05, 0) is 18.1 Å². The largest absolute Gasteiger partial charge is 0.301 e. The van der Waals surface area contributed by atoms with Crippen LogP contribution in [0.4, 0.5) is 0 Å². The molecule has 2 nitrogen and oxygen atoms in total. The molecule has 74 valence electrons. The molecule has 0 aromatic heterocycles. The van der Waals surface area contributed by atoms with Crippen LogP contribution >= 0.6 is 0 Å². The van der Waals surface area contributed by atoms with Crippen LogP contribution in [-0.2, 0) is 4.79 Å². The van der Waals surface area contributed by atoms with Crippen LogP contribution in [0.5, 0.6) is 0 Å². The van der Waals surface area contributed by atoms with Crippen molar-refractivity contribution in [3.05, 3.63) is 41.5 Å². The predicted molar refractivity (Wildman–Crippen MR) is 57.3 cm³/mol. The minimum atomic E-state index is -0.221. The third-order valence-electron chi connectivity index (χ3n) is 4.30. The van der Waals surface area contributed by atoms with Gasteiger partial charge in [-0.2, -0.15) is 0 Å². The van der Waals surface area contributed by atoms with E-state index < -0.39 is 0 Å². The van der Waals surface area contributed by atoms with E-state index in [4.69, 9.17) is 0 Å². The first-order chi connectivity index (χ1) is 7.25. The van der Waals surface area contributed by atoms with E-state index in [0.29, 0.717) is 6.04 Å². The van der Waals surface area contributed by atoms with Crippen molar-refractivity contribution in [2.75, 3.05) is 0 Å². The monoisotopic (exact) mass is 197 g/mol. The second-order valence-electron chi connectivity index (χ2n) is 4.83. The van der Waals surface area contributed by atoms with Gasteiger partial charge in [-0.1, -0.05) is 36.4 Å². The summed E-state index contributed by atoms with van der Waals surface area (Å²) in [5, 5.41) is 0. The van der Waals surface area contributed by atoms with E-state index in [2.05, 4.69) is 41.3 Å². The topological polar surface area (TPSA) is 20.1 Å². The normalized spacial score (nSPS) is 47.5. The molecule has 4 atom stereocenters. The van der Waals surface area contributed by atoms with Crippen molar-refractivity contribution in [2.45, 2.75) is 24.0 Å². The molecule has 2 heterocycles. The van der Waals surface area contributed by atoms with Crippen LogP contribution in [0.15, 0.2) is 30.3 Å². The molecule has 1 aliphatic carbocycles. The van der Waals surface area contributed by atoms with Gasteiger partial charge in [0.25, 0.3) is 0 Å². The fourth-order valence-corrected chi connectivity index (χ4v) is 3.34. The van der Waals surface area contributed by atoms with Crippen LogP contribution in [0, 0.1) is 0 Å². The van der Waals surface area contributed by atoms with Gasteiger partial charge in [-0.15, -0.1) is 0 Å². The number of carbonyl (C=O) groups is 1. The van der Waals surface area contributed by atoms with E-state index >= 15 is 0 Å². The highest BCUT2D eigenvalue weighted by atomic mass is 16.1. The van der Waals surface area contributed by atoms with Crippen LogP contribution in [0.2, 0.25) is 0 Å². The first-order valence-electron chi connectivity index (χ1n) is 5.30. The van der Waals surface area contributed by atoms with E-state index in [9.17, 15) is 4.79 Å². The molecular weight excluding hydrogens is 186 g/mol. The van der Waals surface area contributed by atoms with E-state index in [0.717, 1.165) is 6.29 Å². The average molecular weight is 197 g/mol. The smallest absolute Gasteiger partial charge is 0.142 e. The minimum Gasteiger partial charge on any atom is -0.301 e. The van der Waals surface area contributed by atoms with E-state index in [1.807, 2.05) is 6.92 Å². The first kappa shape index (κ1) is 7.83. The number of rotatable bonds is 1. The van der Waals surface area contributed by atoms with E-state index in [-0.39, 0.29) is 11.1 Å². The number of fused-ring (bicyclic) bond motifs is 3. The number of aldehydes is 1. The van der Waals surface area contributed by atoms with Crippen molar-refractivity contribution >= 4 is 12.4 Å². The SMILES string of the molecule is C[C@@]1(C=O)N2C3c4ccccc4C=CC321. The molecule has 2 fully saturated rings. The van der Waals surface area contributed by atoms with Crippen LogP contribution in [0.1, 0.15) is 24.1 Å². The molecule has 15 heavy (non-hydrogen) atoms. The Morgan fingerprint density at radius 3 is 3.00 bits per heavy atom. The second-order valence-corrected chi connectivity index (χ2v) is 4.83. The van der Waals surface area contributed by atoms with Crippen LogP contribution in [0.3, 0.4) is 0 Å². The summed E-state index contributed by atoms with van der Waals surface area (Å²) in [5.74, 6) is 0. The third kappa shape index (κ3) is 0.574. The maximum Gasteiger partial charge on any atom is 0.142 e. The van der Waals surface area contributed by atoms with Gasteiger partial charge in [0.05, 0.1) is 17.1 Å². The first-order valence-corrected chi connectivity index (χ1v) is 5.30. The van der Waals surface area contributed by atoms with Crippen molar-refractivity contribution < 1.29 is 4.79 Å². The predicted octanol–water partition coefficient (Wildman–Crippen LogP) is 1.78. The molecule has 4 rings (SSSR count). The number of hydrogen-bond donors (Lipinski definition) is 0. The van der Waals surface area contributed by atoms with Crippen molar-refractivity contribution in [1.82, 2.24) is 4.90 Å². The lowest BCUT2D eigenvalue weighted by molar-refractivity contribution is -0.111. The zero-order chi connectivity index (χ0) is 10.3. The molecule has 3 unspecified atom stereocenters. The van der Waals surface area contributed by atoms with Crippen molar-refractivity contribution in [1.29, 1.82) is 0 Å². The Morgan fingerprint density at radius 2 is 2.20 bits per heavy atom. The molecule has 2 aliphatic heterocycles. The Hall–Kier alpha value is -1.41. The van der Waals surface area contributed by atoms with Crippen LogP contribution in [-0.4, -0.2) is 22.3 Å². The Morgan fingerprint density at radius 1 is 1.40 bits per heavy atom. The van der Waals surface area contributed by atoms with Gasteiger partial charge in [0.1, 0.15) is 6.29 Å². The van der Waals surface area contributed by atoms with E-state index in [1.54, 1.807) is 0 Å².